The van der Waals surface area contributed by atoms with Crippen LogP contribution in [0.15, 0.2) is 53.0 Å². The molecule has 0 bridgehead atoms. The highest BCUT2D eigenvalue weighted by molar-refractivity contribution is 9.10. The zero-order chi connectivity index (χ0) is 14.9. The zero-order valence-electron chi connectivity index (χ0n) is 11.8. The van der Waals surface area contributed by atoms with Crippen molar-refractivity contribution in [3.8, 4) is 5.75 Å². The van der Waals surface area contributed by atoms with E-state index in [4.69, 9.17) is 4.74 Å². The third-order valence-corrected chi connectivity index (χ3v) is 4.87. The molecule has 0 amide bonds. The topological polar surface area (TPSA) is 41.5 Å². The van der Waals surface area contributed by atoms with Gasteiger partial charge in [-0.3, -0.25) is 0 Å². The average molecular weight is 348 g/mol. The number of nitrogens with one attached hydrogen (secondary N) is 1. The highest BCUT2D eigenvalue weighted by Crippen LogP contribution is 2.43. The van der Waals surface area contributed by atoms with Crippen LogP contribution in [0.2, 0.25) is 0 Å². The molecule has 0 aliphatic carbocycles. The number of aliphatic hydroxyl groups is 1. The van der Waals surface area contributed by atoms with Crippen LogP contribution in [0.25, 0.3) is 0 Å². The first-order valence-corrected chi connectivity index (χ1v) is 7.82. The van der Waals surface area contributed by atoms with Gasteiger partial charge in [-0.1, -0.05) is 37.3 Å². The first-order valence-electron chi connectivity index (χ1n) is 7.03. The van der Waals surface area contributed by atoms with Gasteiger partial charge in [-0.25, -0.2) is 0 Å². The number of rotatable bonds is 3. The molecule has 21 heavy (non-hydrogen) atoms. The fourth-order valence-corrected chi connectivity index (χ4v) is 3.24. The van der Waals surface area contributed by atoms with Crippen LogP contribution in [0, 0.1) is 5.92 Å². The van der Waals surface area contributed by atoms with Crippen LogP contribution in [0.5, 0.6) is 5.75 Å². The molecule has 3 rings (SSSR count). The third kappa shape index (κ3) is 2.43. The van der Waals surface area contributed by atoms with E-state index < -0.39 is 5.54 Å². The Balaban J connectivity index is 2.09. The second-order valence-electron chi connectivity index (χ2n) is 5.44. The second kappa shape index (κ2) is 5.70. The molecule has 0 saturated carbocycles. The molecule has 2 N–H and O–H groups in total. The molecule has 1 heterocycles. The van der Waals surface area contributed by atoms with E-state index >= 15 is 0 Å². The Morgan fingerprint density at radius 3 is 2.71 bits per heavy atom. The SMILES string of the molecule is CC1COc2ccccc2C1(CO)Nc1ccccc1Br. The number of fused-ring (bicyclic) bond motifs is 1. The highest BCUT2D eigenvalue weighted by Gasteiger charge is 2.43. The molecule has 1 aliphatic rings. The van der Waals surface area contributed by atoms with Gasteiger partial charge < -0.3 is 15.2 Å². The van der Waals surface area contributed by atoms with E-state index in [2.05, 4.69) is 28.2 Å². The number of benzene rings is 2. The van der Waals surface area contributed by atoms with Crippen molar-refractivity contribution in [2.75, 3.05) is 18.5 Å². The van der Waals surface area contributed by atoms with Crippen LogP contribution in [-0.2, 0) is 5.54 Å². The second-order valence-corrected chi connectivity index (χ2v) is 6.30. The van der Waals surface area contributed by atoms with Crippen LogP contribution < -0.4 is 10.1 Å². The molecule has 0 radical (unpaired) electrons. The van der Waals surface area contributed by atoms with Crippen molar-refractivity contribution in [2.24, 2.45) is 5.92 Å². The first kappa shape index (κ1) is 14.4. The van der Waals surface area contributed by atoms with Crippen LogP contribution in [0.4, 0.5) is 5.69 Å². The molecule has 110 valence electrons. The van der Waals surface area contributed by atoms with E-state index in [0.717, 1.165) is 21.5 Å². The Morgan fingerprint density at radius 2 is 1.95 bits per heavy atom. The lowest BCUT2D eigenvalue weighted by Gasteiger charge is -2.44. The number of hydrogen-bond acceptors (Lipinski definition) is 3. The van der Waals surface area contributed by atoms with Crippen molar-refractivity contribution in [3.63, 3.8) is 0 Å². The summed E-state index contributed by atoms with van der Waals surface area (Å²) in [5.74, 6) is 0.980. The normalized spacial score (nSPS) is 24.0. The summed E-state index contributed by atoms with van der Waals surface area (Å²) in [6.07, 6.45) is 0. The van der Waals surface area contributed by atoms with E-state index in [1.807, 2.05) is 48.5 Å². The van der Waals surface area contributed by atoms with Crippen LogP contribution in [0.3, 0.4) is 0 Å². The van der Waals surface area contributed by atoms with Gasteiger partial charge in [-0.05, 0) is 34.1 Å². The molecule has 4 heteroatoms. The lowest BCUT2D eigenvalue weighted by atomic mass is 9.77. The van der Waals surface area contributed by atoms with Gasteiger partial charge in [0.15, 0.2) is 0 Å². The summed E-state index contributed by atoms with van der Waals surface area (Å²) >= 11 is 3.56. The van der Waals surface area contributed by atoms with Crippen molar-refractivity contribution in [2.45, 2.75) is 12.5 Å². The minimum atomic E-state index is -0.543. The molecule has 0 saturated heterocycles. The van der Waals surface area contributed by atoms with Gasteiger partial charge in [0.25, 0.3) is 0 Å². The largest absolute Gasteiger partial charge is 0.493 e. The zero-order valence-corrected chi connectivity index (χ0v) is 13.4. The van der Waals surface area contributed by atoms with Crippen molar-refractivity contribution in [1.29, 1.82) is 0 Å². The maximum absolute atomic E-state index is 10.2. The van der Waals surface area contributed by atoms with Gasteiger partial charge >= 0.3 is 0 Å². The number of aliphatic hydroxyl groups excluding tert-OH is 1. The maximum atomic E-state index is 10.2. The first-order chi connectivity index (χ1) is 10.2. The standard InChI is InChI=1S/C17H18BrNO2/c1-12-10-21-16-9-5-2-6-13(16)17(12,11-20)19-15-8-4-3-7-14(15)18/h2-9,12,19-20H,10-11H2,1H3. The van der Waals surface area contributed by atoms with Gasteiger partial charge in [-0.15, -0.1) is 0 Å². The summed E-state index contributed by atoms with van der Waals surface area (Å²) in [5, 5.41) is 13.7. The van der Waals surface area contributed by atoms with E-state index in [-0.39, 0.29) is 12.5 Å². The monoisotopic (exact) mass is 347 g/mol. The summed E-state index contributed by atoms with van der Waals surface area (Å²) in [5.41, 5.74) is 1.43. The number of para-hydroxylation sites is 2. The lowest BCUT2D eigenvalue weighted by Crippen LogP contribution is -2.50. The molecule has 2 aromatic rings. The quantitative estimate of drug-likeness (QED) is 0.887. The minimum absolute atomic E-state index is 0.00980. The molecule has 0 spiro atoms. The molecule has 3 nitrogen and oxygen atoms in total. The molecular formula is C17H18BrNO2. The summed E-state index contributed by atoms with van der Waals surface area (Å²) in [4.78, 5) is 0. The number of hydrogen-bond donors (Lipinski definition) is 2. The fourth-order valence-electron chi connectivity index (χ4n) is 2.86. The van der Waals surface area contributed by atoms with E-state index in [0.29, 0.717) is 6.61 Å². The number of halogens is 1. The van der Waals surface area contributed by atoms with E-state index in [1.54, 1.807) is 0 Å². The van der Waals surface area contributed by atoms with Crippen molar-refractivity contribution < 1.29 is 9.84 Å². The van der Waals surface area contributed by atoms with E-state index in [9.17, 15) is 5.11 Å². The van der Waals surface area contributed by atoms with Gasteiger partial charge in [0.2, 0.25) is 0 Å². The highest BCUT2D eigenvalue weighted by atomic mass is 79.9. The smallest absolute Gasteiger partial charge is 0.124 e. The Hall–Kier alpha value is -1.52. The van der Waals surface area contributed by atoms with E-state index in [1.165, 1.54) is 0 Å². The number of ether oxygens (including phenoxy) is 1. The Bertz CT molecular complexity index is 646. The summed E-state index contributed by atoms with van der Waals surface area (Å²) in [6, 6.07) is 15.9. The molecule has 2 unspecified atom stereocenters. The molecule has 2 atom stereocenters. The third-order valence-electron chi connectivity index (χ3n) is 4.18. The van der Waals surface area contributed by atoms with Crippen molar-refractivity contribution in [1.82, 2.24) is 0 Å². The number of anilines is 1. The Morgan fingerprint density at radius 1 is 1.24 bits per heavy atom. The molecule has 0 aromatic heterocycles. The molecule has 1 aliphatic heterocycles. The molecular weight excluding hydrogens is 330 g/mol. The average Bonchev–Trinajstić information content (AvgIpc) is 2.52. The Kier molecular flexibility index (Phi) is 3.91. The van der Waals surface area contributed by atoms with Gasteiger partial charge in [0.05, 0.1) is 18.8 Å². The lowest BCUT2D eigenvalue weighted by molar-refractivity contribution is 0.0995. The van der Waals surface area contributed by atoms with Gasteiger partial charge in [-0.2, -0.15) is 0 Å². The minimum Gasteiger partial charge on any atom is -0.493 e. The van der Waals surface area contributed by atoms with Crippen LogP contribution in [-0.4, -0.2) is 18.3 Å². The van der Waals surface area contributed by atoms with Gasteiger partial charge in [0, 0.05) is 21.6 Å². The van der Waals surface area contributed by atoms with Crippen LogP contribution in [0.1, 0.15) is 12.5 Å². The summed E-state index contributed by atoms with van der Waals surface area (Å²) in [7, 11) is 0. The molecule has 2 aromatic carbocycles. The Labute approximate surface area is 133 Å². The molecule has 0 fully saturated rings. The predicted molar refractivity (Wildman–Crippen MR) is 87.6 cm³/mol. The van der Waals surface area contributed by atoms with Crippen molar-refractivity contribution >= 4 is 21.6 Å². The van der Waals surface area contributed by atoms with Crippen molar-refractivity contribution in [3.05, 3.63) is 58.6 Å². The maximum Gasteiger partial charge on any atom is 0.124 e. The van der Waals surface area contributed by atoms with Gasteiger partial charge in [0.1, 0.15) is 5.75 Å². The van der Waals surface area contributed by atoms with Crippen LogP contribution >= 0.6 is 15.9 Å². The summed E-state index contributed by atoms with van der Waals surface area (Å²) in [6.45, 7) is 2.68. The summed E-state index contributed by atoms with van der Waals surface area (Å²) < 4.78 is 6.78. The fraction of sp³-hybridized carbons (Fsp3) is 0.294. The predicted octanol–water partition coefficient (Wildman–Crippen LogP) is 3.78.